The van der Waals surface area contributed by atoms with Gasteiger partial charge in [-0.05, 0) is 43.2 Å². The first-order chi connectivity index (χ1) is 10.7. The van der Waals surface area contributed by atoms with Crippen LogP contribution in [0, 0.1) is 5.92 Å². The molecule has 1 atom stereocenters. The first-order valence-corrected chi connectivity index (χ1v) is 7.81. The molecule has 128 valence electrons. The second-order valence-corrected chi connectivity index (χ2v) is 6.48. The number of methoxy groups -OCH3 is 2. The number of hydrogen-bond donors (Lipinski definition) is 1. The van der Waals surface area contributed by atoms with Crippen LogP contribution in [-0.2, 0) is 23.8 Å². The van der Waals surface area contributed by atoms with Gasteiger partial charge in [-0.2, -0.15) is 11.3 Å². The van der Waals surface area contributed by atoms with Gasteiger partial charge in [0.05, 0.1) is 20.3 Å². The Kier molecular flexibility index (Phi) is 6.56. The van der Waals surface area contributed by atoms with Gasteiger partial charge in [-0.15, -0.1) is 0 Å². The van der Waals surface area contributed by atoms with Gasteiger partial charge in [0, 0.05) is 0 Å². The molecule has 1 N–H and O–H groups in total. The van der Waals surface area contributed by atoms with Gasteiger partial charge >= 0.3 is 18.0 Å². The summed E-state index contributed by atoms with van der Waals surface area (Å²) in [6, 6.07) is 0.752. The third-order valence-corrected chi connectivity index (χ3v) is 3.52. The lowest BCUT2D eigenvalue weighted by molar-refractivity contribution is -0.160. The number of nitrogens with one attached hydrogen (secondary N) is 1. The fourth-order valence-electron chi connectivity index (χ4n) is 1.87. The second-order valence-electron chi connectivity index (χ2n) is 5.70. The van der Waals surface area contributed by atoms with Gasteiger partial charge in [-0.25, -0.2) is 4.79 Å². The zero-order chi connectivity index (χ0) is 17.6. The van der Waals surface area contributed by atoms with Gasteiger partial charge in [0.25, 0.3) is 0 Å². The Morgan fingerprint density at radius 2 is 1.70 bits per heavy atom. The molecule has 1 heterocycles. The molecule has 0 radical (unpaired) electrons. The molecule has 0 spiro atoms. The molecular formula is C15H21NO6S. The Morgan fingerprint density at radius 3 is 2.09 bits per heavy atom. The molecule has 23 heavy (non-hydrogen) atoms. The van der Waals surface area contributed by atoms with Gasteiger partial charge in [-0.1, -0.05) is 0 Å². The molecule has 0 aliphatic rings. The van der Waals surface area contributed by atoms with Crippen LogP contribution in [0.15, 0.2) is 16.8 Å². The van der Waals surface area contributed by atoms with Crippen molar-refractivity contribution in [3.63, 3.8) is 0 Å². The molecule has 1 aromatic rings. The van der Waals surface area contributed by atoms with Crippen LogP contribution in [0.25, 0.3) is 0 Å². The number of ether oxygens (including phenoxy) is 3. The minimum absolute atomic E-state index is 0.585. The lowest BCUT2D eigenvalue weighted by Gasteiger charge is -2.26. The maximum atomic E-state index is 12.1. The molecule has 1 amide bonds. The molecule has 8 heteroatoms. The summed E-state index contributed by atoms with van der Waals surface area (Å²) in [5.74, 6) is -2.93. The minimum atomic E-state index is -1.33. The summed E-state index contributed by atoms with van der Waals surface area (Å²) in [4.78, 5) is 36.1. The predicted octanol–water partition coefficient (Wildman–Crippen LogP) is 2.28. The smallest absolute Gasteiger partial charge is 0.408 e. The highest BCUT2D eigenvalue weighted by Gasteiger charge is 2.39. The number of thiophene rings is 1. The van der Waals surface area contributed by atoms with Gasteiger partial charge in [0.2, 0.25) is 0 Å². The maximum Gasteiger partial charge on any atom is 0.408 e. The Labute approximate surface area is 138 Å². The van der Waals surface area contributed by atoms with E-state index >= 15 is 0 Å². The lowest BCUT2D eigenvalue weighted by atomic mass is 9.95. The van der Waals surface area contributed by atoms with Crippen LogP contribution in [0.4, 0.5) is 4.79 Å². The average Bonchev–Trinajstić information content (AvgIpc) is 2.97. The van der Waals surface area contributed by atoms with Crippen molar-refractivity contribution in [2.24, 2.45) is 5.92 Å². The van der Waals surface area contributed by atoms with Gasteiger partial charge in [-0.3, -0.25) is 9.59 Å². The van der Waals surface area contributed by atoms with Gasteiger partial charge in [0.15, 0.2) is 5.92 Å². The number of rotatable bonds is 5. The highest BCUT2D eigenvalue weighted by Crippen LogP contribution is 2.27. The molecule has 0 bridgehead atoms. The van der Waals surface area contributed by atoms with Crippen LogP contribution >= 0.6 is 11.3 Å². The van der Waals surface area contributed by atoms with Crippen molar-refractivity contribution in [2.45, 2.75) is 32.4 Å². The Hall–Kier alpha value is -2.09. The topological polar surface area (TPSA) is 90.9 Å². The predicted molar refractivity (Wildman–Crippen MR) is 84.0 cm³/mol. The fourth-order valence-corrected chi connectivity index (χ4v) is 2.56. The number of esters is 2. The average molecular weight is 343 g/mol. The second kappa shape index (κ2) is 7.96. The van der Waals surface area contributed by atoms with E-state index in [0.29, 0.717) is 5.56 Å². The molecule has 1 rings (SSSR count). The molecule has 0 saturated carbocycles. The van der Waals surface area contributed by atoms with Crippen molar-refractivity contribution in [3.05, 3.63) is 22.4 Å². The van der Waals surface area contributed by atoms with Gasteiger partial charge < -0.3 is 19.5 Å². The summed E-state index contributed by atoms with van der Waals surface area (Å²) in [6.45, 7) is 5.14. The number of carbonyl (C=O) groups is 3. The van der Waals surface area contributed by atoms with Crippen molar-refractivity contribution in [1.29, 1.82) is 0 Å². The number of hydrogen-bond acceptors (Lipinski definition) is 7. The highest BCUT2D eigenvalue weighted by molar-refractivity contribution is 7.08. The van der Waals surface area contributed by atoms with Crippen LogP contribution in [0.3, 0.4) is 0 Å². The number of alkyl carbamates (subject to hydrolysis) is 1. The van der Waals surface area contributed by atoms with E-state index in [1.54, 1.807) is 37.6 Å². The third-order valence-electron chi connectivity index (χ3n) is 2.82. The number of amides is 1. The van der Waals surface area contributed by atoms with Crippen LogP contribution in [-0.4, -0.2) is 37.9 Å². The monoisotopic (exact) mass is 343 g/mol. The van der Waals surface area contributed by atoms with E-state index < -0.39 is 35.6 Å². The van der Waals surface area contributed by atoms with E-state index in [4.69, 9.17) is 4.74 Å². The molecule has 0 aliphatic carbocycles. The summed E-state index contributed by atoms with van der Waals surface area (Å²) < 4.78 is 14.5. The van der Waals surface area contributed by atoms with Crippen molar-refractivity contribution in [1.82, 2.24) is 5.32 Å². The maximum absolute atomic E-state index is 12.1. The third kappa shape index (κ3) is 5.55. The molecule has 0 fully saturated rings. The zero-order valence-corrected chi connectivity index (χ0v) is 14.6. The Bertz CT molecular complexity index is 533. The highest BCUT2D eigenvalue weighted by atomic mass is 32.1. The molecule has 1 aromatic heterocycles. The first kappa shape index (κ1) is 19.0. The van der Waals surface area contributed by atoms with Crippen LogP contribution < -0.4 is 5.32 Å². The van der Waals surface area contributed by atoms with Crippen LogP contribution in [0.1, 0.15) is 32.4 Å². The van der Waals surface area contributed by atoms with Crippen molar-refractivity contribution < 1.29 is 28.6 Å². The fraction of sp³-hybridized carbons (Fsp3) is 0.533. The number of carbonyl (C=O) groups excluding carboxylic acids is 3. The van der Waals surface area contributed by atoms with Crippen LogP contribution in [0.5, 0.6) is 0 Å². The normalized spacial score (nSPS) is 12.4. The standard InChI is InChI=1S/C15H21NO6S/c1-15(2,3)22-14(19)16-11(9-6-7-23-8-9)10(12(17)20-4)13(18)21-5/h6-8,10-11H,1-5H3,(H,16,19)/t11-/m0/s1. The minimum Gasteiger partial charge on any atom is -0.468 e. The Morgan fingerprint density at radius 1 is 1.13 bits per heavy atom. The quantitative estimate of drug-likeness (QED) is 0.501. The molecular weight excluding hydrogens is 322 g/mol. The lowest BCUT2D eigenvalue weighted by Crippen LogP contribution is -2.43. The van der Waals surface area contributed by atoms with Gasteiger partial charge in [0.1, 0.15) is 5.60 Å². The largest absolute Gasteiger partial charge is 0.468 e. The Balaban J connectivity index is 3.11. The summed E-state index contributed by atoms with van der Waals surface area (Å²) in [6.07, 6.45) is -0.744. The summed E-state index contributed by atoms with van der Waals surface area (Å²) in [5, 5.41) is 6.04. The van der Waals surface area contributed by atoms with E-state index in [1.165, 1.54) is 11.3 Å². The van der Waals surface area contributed by atoms with E-state index in [-0.39, 0.29) is 0 Å². The molecule has 0 aromatic carbocycles. The molecule has 7 nitrogen and oxygen atoms in total. The van der Waals surface area contributed by atoms with Crippen molar-refractivity contribution >= 4 is 29.4 Å². The molecule has 0 saturated heterocycles. The molecule has 0 unspecified atom stereocenters. The van der Waals surface area contributed by atoms with E-state index in [9.17, 15) is 14.4 Å². The van der Waals surface area contributed by atoms with Crippen molar-refractivity contribution in [2.75, 3.05) is 14.2 Å². The van der Waals surface area contributed by atoms with Crippen molar-refractivity contribution in [3.8, 4) is 0 Å². The first-order valence-electron chi connectivity index (χ1n) is 6.87. The summed E-state index contributed by atoms with van der Waals surface area (Å²) in [5.41, 5.74) is -0.128. The van der Waals surface area contributed by atoms with E-state index in [2.05, 4.69) is 14.8 Å². The molecule has 0 aliphatic heterocycles. The van der Waals surface area contributed by atoms with E-state index in [0.717, 1.165) is 14.2 Å². The van der Waals surface area contributed by atoms with Crippen LogP contribution in [0.2, 0.25) is 0 Å². The van der Waals surface area contributed by atoms with E-state index in [1.807, 2.05) is 0 Å². The summed E-state index contributed by atoms with van der Waals surface area (Å²) >= 11 is 1.37. The summed E-state index contributed by atoms with van der Waals surface area (Å²) in [7, 11) is 2.33. The SMILES string of the molecule is COC(=O)C(C(=O)OC)[C@@H](NC(=O)OC(C)(C)C)c1ccsc1. The zero-order valence-electron chi connectivity index (χ0n) is 13.7.